The van der Waals surface area contributed by atoms with Crippen molar-refractivity contribution in [3.05, 3.63) is 54.6 Å². The van der Waals surface area contributed by atoms with Gasteiger partial charge < -0.3 is 33.5 Å². The average molecular weight is 477 g/mol. The van der Waals surface area contributed by atoms with E-state index in [0.29, 0.717) is 19.6 Å². The Bertz CT molecular complexity index is 849. The number of methoxy groups -OCH3 is 1. The highest BCUT2D eigenvalue weighted by atomic mass is 16.7. The van der Waals surface area contributed by atoms with Crippen LogP contribution in [0.3, 0.4) is 0 Å². The van der Waals surface area contributed by atoms with Gasteiger partial charge in [0.15, 0.2) is 11.4 Å². The summed E-state index contributed by atoms with van der Waals surface area (Å²) in [6, 6.07) is 7.40. The minimum absolute atomic E-state index is 0.185. The molecule has 0 bridgehead atoms. The molecule has 34 heavy (non-hydrogen) atoms. The zero-order chi connectivity index (χ0) is 24.8. The Hall–Kier alpha value is -2.23. The van der Waals surface area contributed by atoms with E-state index in [9.17, 15) is 9.90 Å². The van der Waals surface area contributed by atoms with Crippen LogP contribution in [-0.2, 0) is 35.1 Å². The van der Waals surface area contributed by atoms with Crippen molar-refractivity contribution in [1.82, 2.24) is 0 Å². The highest BCUT2D eigenvalue weighted by molar-refractivity contribution is 5.78. The van der Waals surface area contributed by atoms with Crippen molar-refractivity contribution < 1.29 is 38.3 Å². The molecule has 2 fully saturated rings. The molecule has 8 heteroatoms. The Morgan fingerprint density at radius 3 is 2.68 bits per heavy atom. The molecule has 0 spiro atoms. The molecule has 2 aliphatic rings. The van der Waals surface area contributed by atoms with Gasteiger partial charge in [-0.1, -0.05) is 30.4 Å². The van der Waals surface area contributed by atoms with Gasteiger partial charge in [-0.25, -0.2) is 4.79 Å². The molecule has 3 rings (SSSR count). The fourth-order valence-electron chi connectivity index (χ4n) is 4.02. The average Bonchev–Trinajstić information content (AvgIpc) is 3.18. The monoisotopic (exact) mass is 476 g/mol. The van der Waals surface area contributed by atoms with Crippen LogP contribution in [0.5, 0.6) is 5.75 Å². The van der Waals surface area contributed by atoms with Crippen molar-refractivity contribution in [3.8, 4) is 5.75 Å². The third kappa shape index (κ3) is 6.67. The predicted molar refractivity (Wildman–Crippen MR) is 126 cm³/mol. The van der Waals surface area contributed by atoms with Crippen LogP contribution in [0.4, 0.5) is 0 Å². The topological polar surface area (TPSA) is 92.7 Å². The van der Waals surface area contributed by atoms with E-state index >= 15 is 0 Å². The molecule has 0 aliphatic carbocycles. The number of hydrogen-bond acceptors (Lipinski definition) is 7. The first-order valence-corrected chi connectivity index (χ1v) is 11.6. The SMILES string of the molecule is C=C[C@H]1OCCC[C@@H]1O[C@@](C)(C(=O)O)[C@@H](/C=C/[C@H]1COC(C)(C)O1)OCc1ccc(OC)cc1. The summed E-state index contributed by atoms with van der Waals surface area (Å²) in [5.74, 6) is -1.10. The Labute approximate surface area is 201 Å². The minimum atomic E-state index is -1.68. The quantitative estimate of drug-likeness (QED) is 0.481. The zero-order valence-electron chi connectivity index (χ0n) is 20.4. The van der Waals surface area contributed by atoms with Gasteiger partial charge in [-0.15, -0.1) is 6.58 Å². The molecule has 0 unspecified atom stereocenters. The molecule has 188 valence electrons. The molecular weight excluding hydrogens is 440 g/mol. The molecule has 1 N–H and O–H groups in total. The van der Waals surface area contributed by atoms with Crippen LogP contribution in [0.2, 0.25) is 0 Å². The Morgan fingerprint density at radius 2 is 2.09 bits per heavy atom. The van der Waals surface area contributed by atoms with Crippen molar-refractivity contribution >= 4 is 5.97 Å². The second kappa shape index (κ2) is 11.5. The zero-order valence-corrected chi connectivity index (χ0v) is 20.4. The largest absolute Gasteiger partial charge is 0.497 e. The predicted octanol–water partition coefficient (Wildman–Crippen LogP) is 3.88. The highest BCUT2D eigenvalue weighted by Gasteiger charge is 2.46. The van der Waals surface area contributed by atoms with Gasteiger partial charge in [-0.05, 0) is 51.3 Å². The van der Waals surface area contributed by atoms with E-state index in [2.05, 4.69) is 6.58 Å². The summed E-state index contributed by atoms with van der Waals surface area (Å²) in [5, 5.41) is 10.3. The fraction of sp³-hybridized carbons (Fsp3) is 0.577. The van der Waals surface area contributed by atoms with E-state index in [1.54, 1.807) is 25.3 Å². The number of carboxylic acids is 1. The summed E-state index contributed by atoms with van der Waals surface area (Å²) >= 11 is 0. The number of benzene rings is 1. The van der Waals surface area contributed by atoms with Crippen LogP contribution in [-0.4, -0.2) is 67.2 Å². The Balaban J connectivity index is 1.83. The van der Waals surface area contributed by atoms with Gasteiger partial charge in [0.1, 0.15) is 24.1 Å². The van der Waals surface area contributed by atoms with Gasteiger partial charge in [0.2, 0.25) is 0 Å². The van der Waals surface area contributed by atoms with E-state index < -0.39 is 29.6 Å². The number of carboxylic acid groups (broad SMARTS) is 1. The van der Waals surface area contributed by atoms with Crippen molar-refractivity contribution in [1.29, 1.82) is 0 Å². The van der Waals surface area contributed by atoms with Gasteiger partial charge in [0, 0.05) is 6.61 Å². The van der Waals surface area contributed by atoms with Crippen molar-refractivity contribution in [2.24, 2.45) is 0 Å². The first-order chi connectivity index (χ1) is 16.2. The standard InChI is InChI=1S/C26H36O8/c1-6-21-22(8-7-15-30-21)34-26(4,24(27)28)23(14-13-20-17-32-25(2,3)33-20)31-16-18-9-11-19(29-5)12-10-18/h6,9-14,20-23H,1,7-8,15-17H2,2-5H3,(H,27,28)/b14-13+/t20-,21+,22-,23+,26+/m0/s1. The number of hydrogen-bond donors (Lipinski definition) is 1. The minimum Gasteiger partial charge on any atom is -0.497 e. The number of carbonyl (C=O) groups is 1. The normalized spacial score (nSPS) is 27.2. The summed E-state index contributed by atoms with van der Waals surface area (Å²) < 4.78 is 34.8. The molecule has 2 aliphatic heterocycles. The second-order valence-corrected chi connectivity index (χ2v) is 9.11. The molecule has 0 aromatic heterocycles. The molecule has 1 aromatic carbocycles. The molecule has 0 amide bonds. The Morgan fingerprint density at radius 1 is 1.35 bits per heavy atom. The second-order valence-electron chi connectivity index (χ2n) is 9.11. The molecular formula is C26H36O8. The van der Waals surface area contributed by atoms with E-state index in [1.165, 1.54) is 6.92 Å². The van der Waals surface area contributed by atoms with Crippen LogP contribution in [0, 0.1) is 0 Å². The molecule has 1 aromatic rings. The van der Waals surface area contributed by atoms with Crippen molar-refractivity contribution in [2.45, 2.75) is 76.0 Å². The fourth-order valence-corrected chi connectivity index (χ4v) is 4.02. The first-order valence-electron chi connectivity index (χ1n) is 11.6. The van der Waals surface area contributed by atoms with Crippen LogP contribution >= 0.6 is 0 Å². The van der Waals surface area contributed by atoms with E-state index in [-0.39, 0.29) is 18.8 Å². The highest BCUT2D eigenvalue weighted by Crippen LogP contribution is 2.30. The van der Waals surface area contributed by atoms with Gasteiger partial charge >= 0.3 is 5.97 Å². The molecule has 0 saturated carbocycles. The summed E-state index contributed by atoms with van der Waals surface area (Å²) in [4.78, 5) is 12.5. The van der Waals surface area contributed by atoms with Crippen molar-refractivity contribution in [2.75, 3.05) is 20.3 Å². The van der Waals surface area contributed by atoms with Gasteiger partial charge in [-0.2, -0.15) is 0 Å². The lowest BCUT2D eigenvalue weighted by Gasteiger charge is -2.39. The summed E-state index contributed by atoms with van der Waals surface area (Å²) in [6.07, 6.45) is 4.51. The third-order valence-electron chi connectivity index (χ3n) is 6.03. The van der Waals surface area contributed by atoms with Crippen molar-refractivity contribution in [3.63, 3.8) is 0 Å². The lowest BCUT2D eigenvalue weighted by molar-refractivity contribution is -0.209. The maximum absolute atomic E-state index is 12.5. The summed E-state index contributed by atoms with van der Waals surface area (Å²) in [5.41, 5.74) is -0.802. The van der Waals surface area contributed by atoms with Crippen LogP contribution < -0.4 is 4.74 Å². The van der Waals surface area contributed by atoms with E-state index in [4.69, 9.17) is 28.4 Å². The summed E-state index contributed by atoms with van der Waals surface area (Å²) in [6.45, 7) is 10.2. The van der Waals surface area contributed by atoms with Crippen LogP contribution in [0.1, 0.15) is 39.2 Å². The molecule has 8 nitrogen and oxygen atoms in total. The molecule has 2 heterocycles. The van der Waals surface area contributed by atoms with Gasteiger partial charge in [0.25, 0.3) is 0 Å². The first kappa shape index (κ1) is 26.4. The maximum Gasteiger partial charge on any atom is 0.338 e. The number of rotatable bonds is 11. The molecule has 2 saturated heterocycles. The Kier molecular flexibility index (Phi) is 8.89. The number of aliphatic carboxylic acids is 1. The van der Waals surface area contributed by atoms with E-state index in [1.807, 2.05) is 38.1 Å². The molecule has 0 radical (unpaired) electrons. The van der Waals surface area contributed by atoms with Gasteiger partial charge in [-0.3, -0.25) is 0 Å². The summed E-state index contributed by atoms with van der Waals surface area (Å²) in [7, 11) is 1.60. The van der Waals surface area contributed by atoms with E-state index in [0.717, 1.165) is 17.7 Å². The number of ether oxygens (including phenoxy) is 6. The van der Waals surface area contributed by atoms with Crippen LogP contribution in [0.25, 0.3) is 0 Å². The lowest BCUT2D eigenvalue weighted by Crippen LogP contribution is -2.54. The lowest BCUT2D eigenvalue weighted by atomic mass is 9.95. The van der Waals surface area contributed by atoms with Gasteiger partial charge in [0.05, 0.1) is 26.4 Å². The smallest absolute Gasteiger partial charge is 0.338 e. The molecule has 5 atom stereocenters. The third-order valence-corrected chi connectivity index (χ3v) is 6.03. The maximum atomic E-state index is 12.5. The van der Waals surface area contributed by atoms with Crippen LogP contribution in [0.15, 0.2) is 49.1 Å².